The van der Waals surface area contributed by atoms with Crippen molar-refractivity contribution in [3.63, 3.8) is 0 Å². The summed E-state index contributed by atoms with van der Waals surface area (Å²) in [6, 6.07) is -0.355. The van der Waals surface area contributed by atoms with Gasteiger partial charge < -0.3 is 10.6 Å². The summed E-state index contributed by atoms with van der Waals surface area (Å²) >= 11 is 0. The highest BCUT2D eigenvalue weighted by Crippen LogP contribution is 1.82. The Balaban J connectivity index is 0. The molecule has 0 radical (unpaired) electrons. The van der Waals surface area contributed by atoms with Crippen molar-refractivity contribution >= 4 is 18.4 Å². The molecule has 0 bridgehead atoms. The van der Waals surface area contributed by atoms with Crippen LogP contribution in [0.5, 0.6) is 0 Å². The molecule has 0 unspecified atom stereocenters. The first kappa shape index (κ1) is 11.4. The minimum absolute atomic E-state index is 0. The van der Waals surface area contributed by atoms with Crippen LogP contribution in [0.3, 0.4) is 0 Å². The summed E-state index contributed by atoms with van der Waals surface area (Å²) in [6.45, 7) is 2.74. The van der Waals surface area contributed by atoms with E-state index in [1.54, 1.807) is 7.05 Å². The molecule has 0 aromatic carbocycles. The van der Waals surface area contributed by atoms with Crippen molar-refractivity contribution in [1.29, 1.82) is 0 Å². The highest BCUT2D eigenvalue weighted by molar-refractivity contribution is 5.85. The summed E-state index contributed by atoms with van der Waals surface area (Å²) in [6.07, 6.45) is 0.958. The SMILES string of the molecule is CCCN(C)C(N)=O.Cl. The average molecular weight is 153 g/mol. The van der Waals surface area contributed by atoms with Crippen LogP contribution in [0.1, 0.15) is 13.3 Å². The van der Waals surface area contributed by atoms with E-state index in [0.29, 0.717) is 0 Å². The molecule has 0 saturated carbocycles. The van der Waals surface area contributed by atoms with Crippen LogP contribution in [0.15, 0.2) is 0 Å². The van der Waals surface area contributed by atoms with Crippen LogP contribution < -0.4 is 5.73 Å². The van der Waals surface area contributed by atoms with Gasteiger partial charge in [-0.15, -0.1) is 12.4 Å². The molecule has 56 valence electrons. The number of halogens is 1. The van der Waals surface area contributed by atoms with E-state index in [1.165, 1.54) is 4.90 Å². The number of hydrogen-bond donors (Lipinski definition) is 1. The second kappa shape index (κ2) is 5.69. The summed E-state index contributed by atoms with van der Waals surface area (Å²) in [5.41, 5.74) is 4.91. The van der Waals surface area contributed by atoms with Crippen LogP contribution in [-0.2, 0) is 0 Å². The van der Waals surface area contributed by atoms with Gasteiger partial charge in [-0.05, 0) is 6.42 Å². The van der Waals surface area contributed by atoms with Gasteiger partial charge in [-0.25, -0.2) is 4.79 Å². The molecule has 0 fully saturated rings. The maximum atomic E-state index is 10.2. The summed E-state index contributed by atoms with van der Waals surface area (Å²) in [4.78, 5) is 11.7. The summed E-state index contributed by atoms with van der Waals surface area (Å²) < 4.78 is 0. The minimum Gasteiger partial charge on any atom is -0.351 e. The van der Waals surface area contributed by atoms with Crippen molar-refractivity contribution < 1.29 is 4.79 Å². The van der Waals surface area contributed by atoms with E-state index in [-0.39, 0.29) is 18.4 Å². The first-order valence-electron chi connectivity index (χ1n) is 2.69. The Bertz CT molecular complexity index is 87.0. The van der Waals surface area contributed by atoms with Crippen LogP contribution in [0.2, 0.25) is 0 Å². The van der Waals surface area contributed by atoms with Gasteiger partial charge >= 0.3 is 6.03 Å². The fourth-order valence-corrected chi connectivity index (χ4v) is 0.446. The van der Waals surface area contributed by atoms with Gasteiger partial charge in [-0.3, -0.25) is 0 Å². The molecule has 0 aliphatic heterocycles. The smallest absolute Gasteiger partial charge is 0.314 e. The summed E-state index contributed by atoms with van der Waals surface area (Å²) in [7, 11) is 1.69. The number of rotatable bonds is 2. The monoisotopic (exact) mass is 152 g/mol. The van der Waals surface area contributed by atoms with Gasteiger partial charge in [-0.2, -0.15) is 0 Å². The molecule has 0 rings (SSSR count). The van der Waals surface area contributed by atoms with Gasteiger partial charge in [0.25, 0.3) is 0 Å². The molecular formula is C5H13ClN2O. The molecule has 0 atom stereocenters. The third-order valence-electron chi connectivity index (χ3n) is 0.935. The van der Waals surface area contributed by atoms with Gasteiger partial charge in [0.2, 0.25) is 0 Å². The van der Waals surface area contributed by atoms with Crippen LogP contribution in [0, 0.1) is 0 Å². The first-order chi connectivity index (χ1) is 3.68. The molecule has 0 aliphatic rings. The lowest BCUT2D eigenvalue weighted by Crippen LogP contribution is -2.32. The second-order valence-electron chi connectivity index (χ2n) is 1.76. The molecule has 9 heavy (non-hydrogen) atoms. The molecule has 0 aliphatic carbocycles. The third-order valence-corrected chi connectivity index (χ3v) is 0.935. The Morgan fingerprint density at radius 3 is 2.22 bits per heavy atom. The Morgan fingerprint density at radius 1 is 1.67 bits per heavy atom. The van der Waals surface area contributed by atoms with Crippen LogP contribution >= 0.6 is 12.4 Å². The summed E-state index contributed by atoms with van der Waals surface area (Å²) in [5, 5.41) is 0. The van der Waals surface area contributed by atoms with E-state index in [2.05, 4.69) is 0 Å². The summed E-state index contributed by atoms with van der Waals surface area (Å²) in [5.74, 6) is 0. The lowest BCUT2D eigenvalue weighted by atomic mass is 10.4. The van der Waals surface area contributed by atoms with E-state index in [0.717, 1.165) is 13.0 Å². The van der Waals surface area contributed by atoms with Crippen LogP contribution in [0.4, 0.5) is 4.79 Å². The van der Waals surface area contributed by atoms with E-state index < -0.39 is 0 Å². The second-order valence-corrected chi connectivity index (χ2v) is 1.76. The van der Waals surface area contributed by atoms with Gasteiger partial charge in [0.05, 0.1) is 0 Å². The molecular weight excluding hydrogens is 140 g/mol. The van der Waals surface area contributed by atoms with Crippen molar-refractivity contribution in [2.45, 2.75) is 13.3 Å². The Morgan fingerprint density at radius 2 is 2.11 bits per heavy atom. The zero-order chi connectivity index (χ0) is 6.57. The highest BCUT2D eigenvalue weighted by Gasteiger charge is 1.97. The maximum Gasteiger partial charge on any atom is 0.314 e. The largest absolute Gasteiger partial charge is 0.351 e. The highest BCUT2D eigenvalue weighted by atomic mass is 35.5. The van der Waals surface area contributed by atoms with Gasteiger partial charge in [0.15, 0.2) is 0 Å². The Hall–Kier alpha value is -0.440. The number of primary amides is 1. The van der Waals surface area contributed by atoms with Gasteiger partial charge in [-0.1, -0.05) is 6.92 Å². The molecule has 3 nitrogen and oxygen atoms in total. The van der Waals surface area contributed by atoms with Crippen molar-refractivity contribution in [2.75, 3.05) is 13.6 Å². The van der Waals surface area contributed by atoms with E-state index >= 15 is 0 Å². The number of carbonyl (C=O) groups is 1. The zero-order valence-corrected chi connectivity index (χ0v) is 6.57. The predicted octanol–water partition coefficient (Wildman–Crippen LogP) is 0.829. The van der Waals surface area contributed by atoms with E-state index in [9.17, 15) is 4.79 Å². The molecule has 2 N–H and O–H groups in total. The molecule has 4 heteroatoms. The fourth-order valence-electron chi connectivity index (χ4n) is 0.446. The van der Waals surface area contributed by atoms with Crippen LogP contribution in [-0.4, -0.2) is 24.5 Å². The minimum atomic E-state index is -0.355. The predicted molar refractivity (Wildman–Crippen MR) is 39.8 cm³/mol. The average Bonchev–Trinajstić information content (AvgIpc) is 1.67. The number of urea groups is 1. The lowest BCUT2D eigenvalue weighted by molar-refractivity contribution is 0.218. The Labute approximate surface area is 61.6 Å². The number of carbonyl (C=O) groups excluding carboxylic acids is 1. The first-order valence-corrected chi connectivity index (χ1v) is 2.69. The quantitative estimate of drug-likeness (QED) is 0.626. The number of amides is 2. The normalized spacial score (nSPS) is 7.78. The lowest BCUT2D eigenvalue weighted by Gasteiger charge is -2.10. The van der Waals surface area contributed by atoms with E-state index in [1.807, 2.05) is 6.92 Å². The zero-order valence-electron chi connectivity index (χ0n) is 5.76. The molecule has 0 aromatic heterocycles. The van der Waals surface area contributed by atoms with Crippen molar-refractivity contribution in [1.82, 2.24) is 4.90 Å². The molecule has 0 spiro atoms. The number of nitrogens with zero attached hydrogens (tertiary/aromatic N) is 1. The van der Waals surface area contributed by atoms with E-state index in [4.69, 9.17) is 5.73 Å². The molecule has 0 aromatic rings. The maximum absolute atomic E-state index is 10.2. The molecule has 0 heterocycles. The number of nitrogens with two attached hydrogens (primary N) is 1. The van der Waals surface area contributed by atoms with Gasteiger partial charge in [0, 0.05) is 13.6 Å². The number of hydrogen-bond acceptors (Lipinski definition) is 1. The van der Waals surface area contributed by atoms with Crippen molar-refractivity contribution in [3.8, 4) is 0 Å². The molecule has 0 saturated heterocycles. The Kier molecular flexibility index (Phi) is 7.19. The third kappa shape index (κ3) is 5.43. The van der Waals surface area contributed by atoms with Crippen molar-refractivity contribution in [2.24, 2.45) is 5.73 Å². The van der Waals surface area contributed by atoms with Crippen molar-refractivity contribution in [3.05, 3.63) is 0 Å². The van der Waals surface area contributed by atoms with Gasteiger partial charge in [0.1, 0.15) is 0 Å². The van der Waals surface area contributed by atoms with Crippen LogP contribution in [0.25, 0.3) is 0 Å². The molecule has 2 amide bonds. The standard InChI is InChI=1S/C5H12N2O.ClH/c1-3-4-7(2)5(6)8;/h3-4H2,1-2H3,(H2,6,8);1H. The topological polar surface area (TPSA) is 46.3 Å². The fraction of sp³-hybridized carbons (Fsp3) is 0.800.